The fraction of sp³-hybridized carbons (Fsp3) is 0.0667. The molecule has 0 unspecified atom stereocenters. The number of hydrogen-bond donors (Lipinski definition) is 0. The highest BCUT2D eigenvalue weighted by atomic mass is 32.1. The molecule has 1 heterocycles. The summed E-state index contributed by atoms with van der Waals surface area (Å²) < 4.78 is 1.20. The molecule has 0 saturated heterocycles. The van der Waals surface area contributed by atoms with E-state index in [1.165, 1.54) is 4.70 Å². The molecule has 1 aromatic heterocycles. The van der Waals surface area contributed by atoms with Gasteiger partial charge < -0.3 is 0 Å². The SMILES string of the molecule is Cc1nc2cc(-c3cccc(C#N)c3)ccc2s1. The van der Waals surface area contributed by atoms with Crippen LogP contribution in [0.2, 0.25) is 0 Å². The number of fused-ring (bicyclic) bond motifs is 1. The average Bonchev–Trinajstić information content (AvgIpc) is 2.77. The Morgan fingerprint density at radius 2 is 1.94 bits per heavy atom. The highest BCUT2D eigenvalue weighted by molar-refractivity contribution is 7.18. The van der Waals surface area contributed by atoms with Crippen LogP contribution in [0, 0.1) is 18.3 Å². The predicted molar refractivity (Wildman–Crippen MR) is 74.5 cm³/mol. The zero-order valence-corrected chi connectivity index (χ0v) is 10.7. The lowest BCUT2D eigenvalue weighted by atomic mass is 10.0. The first kappa shape index (κ1) is 10.9. The van der Waals surface area contributed by atoms with Crippen molar-refractivity contribution in [3.05, 3.63) is 53.0 Å². The summed E-state index contributed by atoms with van der Waals surface area (Å²) in [5.74, 6) is 0. The molecule has 0 aliphatic heterocycles. The fourth-order valence-electron chi connectivity index (χ4n) is 1.99. The van der Waals surface area contributed by atoms with E-state index in [9.17, 15) is 0 Å². The minimum atomic E-state index is 0.682. The van der Waals surface area contributed by atoms with Crippen molar-refractivity contribution >= 4 is 21.6 Å². The Hall–Kier alpha value is -2.18. The summed E-state index contributed by atoms with van der Waals surface area (Å²) in [4.78, 5) is 4.50. The lowest BCUT2D eigenvalue weighted by Crippen LogP contribution is -1.80. The van der Waals surface area contributed by atoms with Crippen molar-refractivity contribution in [3.8, 4) is 17.2 Å². The van der Waals surface area contributed by atoms with E-state index >= 15 is 0 Å². The normalized spacial score (nSPS) is 10.4. The second-order valence-corrected chi connectivity index (χ2v) is 5.34. The minimum Gasteiger partial charge on any atom is -0.241 e. The molecule has 3 rings (SSSR count). The standard InChI is InChI=1S/C15H10N2S/c1-10-17-14-8-13(5-6-15(14)18-10)12-4-2-3-11(7-12)9-16/h2-8H,1H3. The van der Waals surface area contributed by atoms with Gasteiger partial charge in [-0.15, -0.1) is 11.3 Å². The lowest BCUT2D eigenvalue weighted by Gasteiger charge is -2.01. The molecule has 3 aromatic rings. The monoisotopic (exact) mass is 250 g/mol. The predicted octanol–water partition coefficient (Wildman–Crippen LogP) is 4.14. The smallest absolute Gasteiger partial charge is 0.0991 e. The van der Waals surface area contributed by atoms with Gasteiger partial charge in [-0.2, -0.15) is 5.26 Å². The van der Waals surface area contributed by atoms with Gasteiger partial charge in [0.05, 0.1) is 26.9 Å². The molecule has 0 aliphatic carbocycles. The van der Waals surface area contributed by atoms with Crippen molar-refractivity contribution in [2.24, 2.45) is 0 Å². The van der Waals surface area contributed by atoms with Crippen LogP contribution in [0.3, 0.4) is 0 Å². The third-order valence-corrected chi connectivity index (χ3v) is 3.77. The zero-order chi connectivity index (χ0) is 12.5. The van der Waals surface area contributed by atoms with Gasteiger partial charge in [0.25, 0.3) is 0 Å². The summed E-state index contributed by atoms with van der Waals surface area (Å²) >= 11 is 1.70. The van der Waals surface area contributed by atoms with Crippen molar-refractivity contribution in [1.82, 2.24) is 4.98 Å². The van der Waals surface area contributed by atoms with Gasteiger partial charge in [0.15, 0.2) is 0 Å². The molecule has 0 bridgehead atoms. The van der Waals surface area contributed by atoms with Crippen LogP contribution in [0.5, 0.6) is 0 Å². The van der Waals surface area contributed by atoms with E-state index in [1.807, 2.05) is 31.2 Å². The maximum absolute atomic E-state index is 8.92. The van der Waals surface area contributed by atoms with Crippen molar-refractivity contribution in [2.45, 2.75) is 6.92 Å². The zero-order valence-electron chi connectivity index (χ0n) is 9.84. The van der Waals surface area contributed by atoms with Crippen LogP contribution in [0.1, 0.15) is 10.6 Å². The van der Waals surface area contributed by atoms with Gasteiger partial charge in [-0.3, -0.25) is 0 Å². The van der Waals surface area contributed by atoms with Gasteiger partial charge >= 0.3 is 0 Å². The summed E-state index contributed by atoms with van der Waals surface area (Å²) in [5, 5.41) is 10.0. The molecule has 0 fully saturated rings. The van der Waals surface area contributed by atoms with E-state index in [-0.39, 0.29) is 0 Å². The molecule has 0 atom stereocenters. The maximum atomic E-state index is 8.92. The second kappa shape index (κ2) is 4.25. The summed E-state index contributed by atoms with van der Waals surface area (Å²) in [6, 6.07) is 16.1. The number of aryl methyl sites for hydroxylation is 1. The molecule has 3 heteroatoms. The van der Waals surface area contributed by atoms with E-state index in [4.69, 9.17) is 5.26 Å². The molecule has 18 heavy (non-hydrogen) atoms. The Kier molecular flexibility index (Phi) is 2.58. The van der Waals surface area contributed by atoms with Gasteiger partial charge in [-0.25, -0.2) is 4.98 Å². The summed E-state index contributed by atoms with van der Waals surface area (Å²) in [7, 11) is 0. The highest BCUT2D eigenvalue weighted by Gasteiger charge is 2.04. The van der Waals surface area contributed by atoms with E-state index in [0.29, 0.717) is 5.56 Å². The van der Waals surface area contributed by atoms with E-state index < -0.39 is 0 Å². The second-order valence-electron chi connectivity index (χ2n) is 4.11. The fourth-order valence-corrected chi connectivity index (χ4v) is 2.80. The van der Waals surface area contributed by atoms with Crippen LogP contribution < -0.4 is 0 Å². The van der Waals surface area contributed by atoms with Crippen LogP contribution in [0.25, 0.3) is 21.3 Å². The Morgan fingerprint density at radius 3 is 2.78 bits per heavy atom. The van der Waals surface area contributed by atoms with Gasteiger partial charge in [0.2, 0.25) is 0 Å². The van der Waals surface area contributed by atoms with Crippen LogP contribution >= 0.6 is 11.3 Å². The first-order valence-corrected chi connectivity index (χ1v) is 6.45. The molecule has 0 saturated carbocycles. The molecule has 0 spiro atoms. The Bertz CT molecular complexity index is 766. The number of hydrogen-bond acceptors (Lipinski definition) is 3. The first-order valence-electron chi connectivity index (χ1n) is 5.64. The van der Waals surface area contributed by atoms with Gasteiger partial charge in [0, 0.05) is 0 Å². The summed E-state index contributed by atoms with van der Waals surface area (Å²) in [5.41, 5.74) is 3.87. The molecule has 0 N–H and O–H groups in total. The Balaban J connectivity index is 2.16. The average molecular weight is 250 g/mol. The van der Waals surface area contributed by atoms with Gasteiger partial charge in [-0.1, -0.05) is 18.2 Å². The Labute approximate surface area is 109 Å². The number of nitriles is 1. The summed E-state index contributed by atoms with van der Waals surface area (Å²) in [6.07, 6.45) is 0. The molecule has 86 valence electrons. The Morgan fingerprint density at radius 1 is 1.11 bits per heavy atom. The quantitative estimate of drug-likeness (QED) is 0.650. The van der Waals surface area contributed by atoms with Crippen molar-refractivity contribution in [1.29, 1.82) is 5.26 Å². The molecule has 2 aromatic carbocycles. The molecule has 0 radical (unpaired) electrons. The summed E-state index contributed by atoms with van der Waals surface area (Å²) in [6.45, 7) is 2.01. The van der Waals surface area contributed by atoms with Crippen LogP contribution in [-0.4, -0.2) is 4.98 Å². The number of nitrogens with zero attached hydrogens (tertiary/aromatic N) is 2. The van der Waals surface area contributed by atoms with E-state index in [1.54, 1.807) is 11.3 Å². The van der Waals surface area contributed by atoms with Crippen LogP contribution in [-0.2, 0) is 0 Å². The largest absolute Gasteiger partial charge is 0.241 e. The molecule has 0 aliphatic rings. The van der Waals surface area contributed by atoms with Crippen molar-refractivity contribution in [2.75, 3.05) is 0 Å². The van der Waals surface area contributed by atoms with Gasteiger partial charge in [0.1, 0.15) is 0 Å². The molecule has 2 nitrogen and oxygen atoms in total. The topological polar surface area (TPSA) is 36.7 Å². The number of benzene rings is 2. The minimum absolute atomic E-state index is 0.682. The van der Waals surface area contributed by atoms with Crippen LogP contribution in [0.4, 0.5) is 0 Å². The lowest BCUT2D eigenvalue weighted by molar-refractivity contribution is 1.35. The molecular weight excluding hydrogens is 240 g/mol. The number of rotatable bonds is 1. The third kappa shape index (κ3) is 1.87. The van der Waals surface area contributed by atoms with Crippen molar-refractivity contribution < 1.29 is 0 Å². The number of aromatic nitrogens is 1. The first-order chi connectivity index (χ1) is 8.76. The molecule has 0 amide bonds. The van der Waals surface area contributed by atoms with E-state index in [2.05, 4.69) is 29.3 Å². The highest BCUT2D eigenvalue weighted by Crippen LogP contribution is 2.27. The van der Waals surface area contributed by atoms with E-state index in [0.717, 1.165) is 21.7 Å². The van der Waals surface area contributed by atoms with Crippen molar-refractivity contribution in [3.63, 3.8) is 0 Å². The maximum Gasteiger partial charge on any atom is 0.0991 e. The third-order valence-electron chi connectivity index (χ3n) is 2.82. The van der Waals surface area contributed by atoms with Gasteiger partial charge in [-0.05, 0) is 42.3 Å². The molecular formula is C15H10N2S. The number of thiazole rings is 1. The van der Waals surface area contributed by atoms with Crippen LogP contribution in [0.15, 0.2) is 42.5 Å².